The highest BCUT2D eigenvalue weighted by Crippen LogP contribution is 2.42. The Kier molecular flexibility index (Phi) is 10.5. The number of ether oxygens (including phenoxy) is 1. The zero-order valence-electron chi connectivity index (χ0n) is 31.3. The highest BCUT2D eigenvalue weighted by atomic mass is 16.5. The first-order valence-corrected chi connectivity index (χ1v) is 19.8. The van der Waals surface area contributed by atoms with Gasteiger partial charge in [0.15, 0.2) is 0 Å². The van der Waals surface area contributed by atoms with Crippen molar-refractivity contribution in [3.63, 3.8) is 0 Å². The van der Waals surface area contributed by atoms with Crippen molar-refractivity contribution < 1.29 is 29.0 Å². The number of rotatable bonds is 11. The van der Waals surface area contributed by atoms with E-state index < -0.39 is 11.9 Å². The van der Waals surface area contributed by atoms with Crippen LogP contribution in [-0.2, 0) is 22.6 Å². The van der Waals surface area contributed by atoms with Crippen LogP contribution in [0.15, 0.2) is 91.0 Å². The standard InChI is InChI=1S/C46H47N3O6/c1-2-39(29-7-4-3-5-8-29)44(30-10-16-37(50)17-11-30)31-12-18-38(19-13-31)55-24-6-9-36-27-34-25-33(15-21-41(34)49(36)54)32-14-20-40-35(26-32)28-48(46(40)53)42-22-23-43(51)47-45(42)52/h3-5,7-8,12-15,18-21,25-26,30,36-37,42,50H,2,6,9-11,16-17,22-24,27-28H2,1H3/p+1/b44-39-. The van der Waals surface area contributed by atoms with Gasteiger partial charge >= 0.3 is 0 Å². The van der Waals surface area contributed by atoms with Gasteiger partial charge in [-0.2, -0.15) is 0 Å². The molecule has 0 radical (unpaired) electrons. The summed E-state index contributed by atoms with van der Waals surface area (Å²) in [4.78, 5) is 52.2. The molecular formula is C46H48N3O6+. The maximum Gasteiger partial charge on any atom is 0.259 e. The van der Waals surface area contributed by atoms with Crippen LogP contribution in [-0.4, -0.2) is 57.3 Å². The SMILES string of the molecule is CC/C(=C(/c1ccc(OCCCC2Cc3cc(-c4ccc5c(c4)CN(C4CCC(=O)NC4=O)C5=O)ccc3[N+]2=O)cc1)C1CCC(O)CC1)c1ccccc1. The average Bonchev–Trinajstić information content (AvgIpc) is 3.70. The van der Waals surface area contributed by atoms with Crippen molar-refractivity contribution in [3.8, 4) is 16.9 Å². The lowest BCUT2D eigenvalue weighted by molar-refractivity contribution is -0.496. The number of hydrogen-bond donors (Lipinski definition) is 2. The molecule has 1 saturated carbocycles. The second-order valence-electron chi connectivity index (χ2n) is 15.4. The van der Waals surface area contributed by atoms with E-state index in [4.69, 9.17) is 4.74 Å². The number of carbonyl (C=O) groups excluding carboxylic acids is 3. The number of amides is 3. The quantitative estimate of drug-likeness (QED) is 0.0694. The molecule has 1 aliphatic carbocycles. The molecule has 4 aromatic carbocycles. The number of piperidine rings is 1. The highest BCUT2D eigenvalue weighted by Gasteiger charge is 2.40. The first-order valence-electron chi connectivity index (χ1n) is 19.8. The number of fused-ring (bicyclic) bond motifs is 2. The molecular weight excluding hydrogens is 691 g/mol. The van der Waals surface area contributed by atoms with E-state index in [0.717, 1.165) is 71.3 Å². The average molecular weight is 739 g/mol. The molecule has 9 nitrogen and oxygen atoms in total. The summed E-state index contributed by atoms with van der Waals surface area (Å²) in [5.74, 6) is 0.308. The second kappa shape index (κ2) is 15.7. The van der Waals surface area contributed by atoms with E-state index in [1.165, 1.54) is 22.3 Å². The minimum absolute atomic E-state index is 0.164. The zero-order chi connectivity index (χ0) is 38.1. The number of imide groups is 1. The third kappa shape index (κ3) is 7.50. The van der Waals surface area contributed by atoms with Crippen LogP contribution in [0.3, 0.4) is 0 Å². The largest absolute Gasteiger partial charge is 0.494 e. The third-order valence-electron chi connectivity index (χ3n) is 12.0. The van der Waals surface area contributed by atoms with Crippen LogP contribution in [0.25, 0.3) is 22.3 Å². The maximum atomic E-state index is 13.3. The van der Waals surface area contributed by atoms with Crippen molar-refractivity contribution in [1.82, 2.24) is 10.2 Å². The smallest absolute Gasteiger partial charge is 0.259 e. The first kappa shape index (κ1) is 36.6. The van der Waals surface area contributed by atoms with Crippen molar-refractivity contribution in [1.29, 1.82) is 0 Å². The normalized spacial score (nSPS) is 22.6. The van der Waals surface area contributed by atoms with Gasteiger partial charge in [-0.1, -0.05) is 55.5 Å². The summed E-state index contributed by atoms with van der Waals surface area (Å²) in [5, 5.41) is 12.6. The summed E-state index contributed by atoms with van der Waals surface area (Å²) >= 11 is 0. The zero-order valence-corrected chi connectivity index (χ0v) is 31.3. The van der Waals surface area contributed by atoms with Crippen LogP contribution >= 0.6 is 0 Å². The van der Waals surface area contributed by atoms with Gasteiger partial charge in [-0.3, -0.25) is 19.7 Å². The monoisotopic (exact) mass is 738 g/mol. The molecule has 282 valence electrons. The van der Waals surface area contributed by atoms with E-state index in [1.807, 2.05) is 30.3 Å². The summed E-state index contributed by atoms with van der Waals surface area (Å²) in [5.41, 5.74) is 10.3. The fourth-order valence-electron chi connectivity index (χ4n) is 9.10. The van der Waals surface area contributed by atoms with Gasteiger partial charge < -0.3 is 14.7 Å². The Morgan fingerprint density at radius 1 is 0.855 bits per heavy atom. The van der Waals surface area contributed by atoms with Crippen molar-refractivity contribution in [2.45, 2.75) is 95.9 Å². The van der Waals surface area contributed by atoms with Gasteiger partial charge in [-0.25, -0.2) is 0 Å². The van der Waals surface area contributed by atoms with E-state index in [-0.39, 0.29) is 30.4 Å². The Morgan fingerprint density at radius 3 is 2.31 bits per heavy atom. The fourth-order valence-corrected chi connectivity index (χ4v) is 9.10. The number of hydrogen-bond acceptors (Lipinski definition) is 6. The van der Waals surface area contributed by atoms with Gasteiger partial charge in [-0.15, -0.1) is 0 Å². The molecule has 0 spiro atoms. The third-order valence-corrected chi connectivity index (χ3v) is 12.0. The Balaban J connectivity index is 0.881. The van der Waals surface area contributed by atoms with E-state index in [1.54, 1.807) is 4.90 Å². The molecule has 2 N–H and O–H groups in total. The van der Waals surface area contributed by atoms with Crippen molar-refractivity contribution in [2.24, 2.45) is 5.92 Å². The molecule has 3 amide bonds. The summed E-state index contributed by atoms with van der Waals surface area (Å²) in [7, 11) is 0. The molecule has 8 rings (SSSR count). The predicted octanol–water partition coefficient (Wildman–Crippen LogP) is 8.18. The van der Waals surface area contributed by atoms with E-state index in [2.05, 4.69) is 72.9 Å². The number of allylic oxidation sites excluding steroid dienone is 2. The number of nitrogens with zero attached hydrogens (tertiary/aromatic N) is 2. The van der Waals surface area contributed by atoms with Crippen LogP contribution < -0.4 is 10.1 Å². The molecule has 9 heteroatoms. The number of carbonyl (C=O) groups is 3. The molecule has 3 heterocycles. The lowest BCUT2D eigenvalue weighted by atomic mass is 9.76. The molecule has 4 aliphatic rings. The number of benzene rings is 4. The van der Waals surface area contributed by atoms with Crippen LogP contribution in [0.4, 0.5) is 5.69 Å². The summed E-state index contributed by atoms with van der Waals surface area (Å²) in [6.07, 6.45) is 7.03. The maximum absolute atomic E-state index is 13.3. The lowest BCUT2D eigenvalue weighted by Gasteiger charge is -2.30. The molecule has 2 atom stereocenters. The van der Waals surface area contributed by atoms with Gasteiger partial charge in [0, 0.05) is 52.7 Å². The molecule has 4 aromatic rings. The summed E-state index contributed by atoms with van der Waals surface area (Å²) < 4.78 is 7.33. The predicted molar refractivity (Wildman–Crippen MR) is 211 cm³/mol. The van der Waals surface area contributed by atoms with Gasteiger partial charge in [0.1, 0.15) is 11.8 Å². The topological polar surface area (TPSA) is 116 Å². The molecule has 2 fully saturated rings. The Hall–Kier alpha value is -5.41. The molecule has 0 aromatic heterocycles. The number of aliphatic hydroxyl groups excluding tert-OH is 1. The Morgan fingerprint density at radius 2 is 1.58 bits per heavy atom. The van der Waals surface area contributed by atoms with Crippen LogP contribution in [0.1, 0.15) is 97.3 Å². The highest BCUT2D eigenvalue weighted by molar-refractivity contribution is 6.05. The van der Waals surface area contributed by atoms with Crippen molar-refractivity contribution >= 4 is 34.6 Å². The Labute approximate surface area is 322 Å². The Bertz CT molecular complexity index is 2150. The van der Waals surface area contributed by atoms with Gasteiger partial charge in [-0.05, 0) is 126 Å². The van der Waals surface area contributed by atoms with Crippen LogP contribution in [0.2, 0.25) is 0 Å². The lowest BCUT2D eigenvalue weighted by Crippen LogP contribution is -2.52. The summed E-state index contributed by atoms with van der Waals surface area (Å²) in [6, 6.07) is 29.9. The van der Waals surface area contributed by atoms with E-state index >= 15 is 0 Å². The van der Waals surface area contributed by atoms with Gasteiger partial charge in [0.05, 0.1) is 12.7 Å². The van der Waals surface area contributed by atoms with Crippen LogP contribution in [0.5, 0.6) is 5.75 Å². The number of nitroso groups, excluding NO2 is 1. The minimum atomic E-state index is -0.648. The second-order valence-corrected chi connectivity index (χ2v) is 15.4. The van der Waals surface area contributed by atoms with Crippen molar-refractivity contribution in [2.75, 3.05) is 6.61 Å². The molecule has 0 bridgehead atoms. The fraction of sp³-hybridized carbons (Fsp3) is 0.370. The van der Waals surface area contributed by atoms with Crippen LogP contribution in [0, 0.1) is 10.8 Å². The van der Waals surface area contributed by atoms with E-state index in [9.17, 15) is 24.4 Å². The molecule has 3 aliphatic heterocycles. The number of aliphatic hydroxyl groups is 1. The summed E-state index contributed by atoms with van der Waals surface area (Å²) in [6.45, 7) is 3.06. The minimum Gasteiger partial charge on any atom is -0.494 e. The van der Waals surface area contributed by atoms with Crippen molar-refractivity contribution in [3.05, 3.63) is 124 Å². The first-order chi connectivity index (χ1) is 26.8. The number of nitrogens with one attached hydrogen (secondary N) is 1. The van der Waals surface area contributed by atoms with E-state index in [0.29, 0.717) is 49.6 Å². The molecule has 55 heavy (non-hydrogen) atoms. The van der Waals surface area contributed by atoms with Gasteiger partial charge in [0.25, 0.3) is 11.6 Å². The molecule has 1 saturated heterocycles. The van der Waals surface area contributed by atoms with Gasteiger partial charge in [0.2, 0.25) is 17.9 Å². The molecule has 2 unspecified atom stereocenters.